The molecule has 0 aromatic rings. The normalized spacial score (nSPS) is 19.8. The summed E-state index contributed by atoms with van der Waals surface area (Å²) < 4.78 is 26.6. The number of hydrogen-bond acceptors (Lipinski definition) is 3. The zero-order chi connectivity index (χ0) is 9.26. The topological polar surface area (TPSA) is 43.4 Å². The van der Waals surface area contributed by atoms with E-state index in [1.807, 2.05) is 6.08 Å². The fourth-order valence-electron chi connectivity index (χ4n) is 1.37. The van der Waals surface area contributed by atoms with E-state index in [2.05, 4.69) is 0 Å². The fourth-order valence-corrected chi connectivity index (χ4v) is 1.86. The SMILES string of the molecule is O=S(=O)=C1CC=C2OC=CC=C2C1. The van der Waals surface area contributed by atoms with E-state index in [1.54, 1.807) is 18.4 Å². The van der Waals surface area contributed by atoms with Crippen molar-refractivity contribution in [1.82, 2.24) is 0 Å². The summed E-state index contributed by atoms with van der Waals surface area (Å²) in [5, 5.41) is 0. The first kappa shape index (κ1) is 8.31. The summed E-state index contributed by atoms with van der Waals surface area (Å²) in [6, 6.07) is 0. The number of rotatable bonds is 0. The average Bonchev–Trinajstić information content (AvgIpc) is 2.17. The quantitative estimate of drug-likeness (QED) is 0.546. The lowest BCUT2D eigenvalue weighted by Gasteiger charge is -2.17. The Morgan fingerprint density at radius 1 is 1.38 bits per heavy atom. The van der Waals surface area contributed by atoms with E-state index in [0.29, 0.717) is 17.7 Å². The van der Waals surface area contributed by atoms with Crippen LogP contribution in [0.5, 0.6) is 0 Å². The van der Waals surface area contributed by atoms with Gasteiger partial charge in [0.1, 0.15) is 5.76 Å². The van der Waals surface area contributed by atoms with E-state index in [1.165, 1.54) is 0 Å². The maximum Gasteiger partial charge on any atom is 0.213 e. The van der Waals surface area contributed by atoms with Crippen molar-refractivity contribution in [2.75, 3.05) is 0 Å². The number of fused-ring (bicyclic) bond motifs is 1. The molecule has 0 fully saturated rings. The summed E-state index contributed by atoms with van der Waals surface area (Å²) in [7, 11) is -2.07. The molecule has 0 amide bonds. The molecule has 1 aliphatic heterocycles. The first-order chi connectivity index (χ1) is 6.27. The predicted molar refractivity (Wildman–Crippen MR) is 49.6 cm³/mol. The van der Waals surface area contributed by atoms with Gasteiger partial charge in [-0.2, -0.15) is 8.42 Å². The molecule has 0 aromatic carbocycles. The highest BCUT2D eigenvalue weighted by atomic mass is 32.2. The zero-order valence-electron chi connectivity index (χ0n) is 6.86. The van der Waals surface area contributed by atoms with Crippen molar-refractivity contribution >= 4 is 15.2 Å². The Morgan fingerprint density at radius 2 is 2.23 bits per heavy atom. The monoisotopic (exact) mass is 196 g/mol. The molecule has 2 aliphatic rings. The third-order valence-electron chi connectivity index (χ3n) is 2.03. The van der Waals surface area contributed by atoms with E-state index in [-0.39, 0.29) is 0 Å². The van der Waals surface area contributed by atoms with Crippen molar-refractivity contribution in [3.63, 3.8) is 0 Å². The van der Waals surface area contributed by atoms with E-state index >= 15 is 0 Å². The van der Waals surface area contributed by atoms with Crippen LogP contribution in [0.4, 0.5) is 0 Å². The summed E-state index contributed by atoms with van der Waals surface area (Å²) in [6.07, 6.45) is 7.98. The molecule has 13 heavy (non-hydrogen) atoms. The predicted octanol–water partition coefficient (Wildman–Crippen LogP) is 1.19. The highest BCUT2D eigenvalue weighted by molar-refractivity contribution is 7.73. The molecule has 0 atom stereocenters. The third kappa shape index (κ3) is 1.58. The minimum Gasteiger partial charge on any atom is -0.465 e. The lowest BCUT2D eigenvalue weighted by atomic mass is 9.99. The summed E-state index contributed by atoms with van der Waals surface area (Å²) in [6.45, 7) is 0. The van der Waals surface area contributed by atoms with Gasteiger partial charge < -0.3 is 4.74 Å². The maximum atomic E-state index is 10.7. The molecule has 0 aromatic heterocycles. The van der Waals surface area contributed by atoms with Crippen LogP contribution >= 0.6 is 0 Å². The Morgan fingerprint density at radius 3 is 3.00 bits per heavy atom. The molecule has 0 saturated carbocycles. The number of allylic oxidation sites excluding steroid dienone is 4. The number of ether oxygens (including phenoxy) is 1. The van der Waals surface area contributed by atoms with Gasteiger partial charge in [0.2, 0.25) is 10.3 Å². The average molecular weight is 196 g/mol. The maximum absolute atomic E-state index is 10.7. The second-order valence-corrected chi connectivity index (χ2v) is 3.91. The van der Waals surface area contributed by atoms with Crippen molar-refractivity contribution in [3.05, 3.63) is 35.8 Å². The molecular formula is C9H8O3S. The molecule has 0 radical (unpaired) electrons. The van der Waals surface area contributed by atoms with Crippen LogP contribution in [-0.4, -0.2) is 13.3 Å². The van der Waals surface area contributed by atoms with Gasteiger partial charge in [0, 0.05) is 12.8 Å². The van der Waals surface area contributed by atoms with Gasteiger partial charge in [-0.05, 0) is 17.7 Å². The van der Waals surface area contributed by atoms with E-state index in [0.717, 1.165) is 11.3 Å². The van der Waals surface area contributed by atoms with E-state index in [9.17, 15) is 8.42 Å². The molecule has 4 heteroatoms. The molecule has 0 bridgehead atoms. The summed E-state index contributed by atoms with van der Waals surface area (Å²) in [4.78, 5) is 0.522. The van der Waals surface area contributed by atoms with Crippen molar-refractivity contribution in [3.8, 4) is 0 Å². The van der Waals surface area contributed by atoms with Crippen LogP contribution in [0.25, 0.3) is 0 Å². The van der Waals surface area contributed by atoms with E-state index in [4.69, 9.17) is 4.74 Å². The van der Waals surface area contributed by atoms with Gasteiger partial charge >= 0.3 is 0 Å². The molecule has 0 N–H and O–H groups in total. The zero-order valence-corrected chi connectivity index (χ0v) is 7.67. The van der Waals surface area contributed by atoms with Crippen molar-refractivity contribution in [2.45, 2.75) is 12.8 Å². The van der Waals surface area contributed by atoms with Crippen LogP contribution in [0.2, 0.25) is 0 Å². The first-order valence-electron chi connectivity index (χ1n) is 3.94. The van der Waals surface area contributed by atoms with E-state index < -0.39 is 10.3 Å². The smallest absolute Gasteiger partial charge is 0.213 e. The third-order valence-corrected chi connectivity index (χ3v) is 2.81. The van der Waals surface area contributed by atoms with Crippen LogP contribution in [0.3, 0.4) is 0 Å². The Bertz CT molecular complexity index is 441. The highest BCUT2D eigenvalue weighted by Gasteiger charge is 2.17. The van der Waals surface area contributed by atoms with Gasteiger partial charge in [-0.3, -0.25) is 0 Å². The summed E-state index contributed by atoms with van der Waals surface area (Å²) in [5.74, 6) is 0.789. The standard InChI is InChI=1S/C9H8O3S/c10-13(11)8-3-4-9-7(6-8)2-1-5-12-9/h1-2,4-5H,3,6H2. The summed E-state index contributed by atoms with van der Waals surface area (Å²) >= 11 is 0. The second kappa shape index (κ2) is 3.22. The van der Waals surface area contributed by atoms with Crippen LogP contribution in [0, 0.1) is 0 Å². The molecular weight excluding hydrogens is 188 g/mol. The molecule has 1 heterocycles. The molecule has 1 aliphatic carbocycles. The van der Waals surface area contributed by atoms with Gasteiger partial charge in [-0.1, -0.05) is 6.08 Å². The van der Waals surface area contributed by atoms with Gasteiger partial charge in [-0.25, -0.2) is 0 Å². The molecule has 0 saturated heterocycles. The molecule has 68 valence electrons. The summed E-state index contributed by atoms with van der Waals surface area (Å²) in [5.41, 5.74) is 0.938. The van der Waals surface area contributed by atoms with Crippen LogP contribution in [-0.2, 0) is 15.0 Å². The van der Waals surface area contributed by atoms with Crippen LogP contribution < -0.4 is 0 Å². The second-order valence-electron chi connectivity index (χ2n) is 2.86. The lowest BCUT2D eigenvalue weighted by Crippen LogP contribution is -2.10. The van der Waals surface area contributed by atoms with Gasteiger partial charge in [0.15, 0.2) is 0 Å². The van der Waals surface area contributed by atoms with Gasteiger partial charge in [0.25, 0.3) is 0 Å². The van der Waals surface area contributed by atoms with Crippen LogP contribution in [0.1, 0.15) is 12.8 Å². The fraction of sp³-hybridized carbons (Fsp3) is 0.222. The Balaban J connectivity index is 2.43. The molecule has 3 nitrogen and oxygen atoms in total. The minimum atomic E-state index is -2.07. The van der Waals surface area contributed by atoms with Gasteiger partial charge in [-0.15, -0.1) is 0 Å². The number of hydrogen-bond donors (Lipinski definition) is 0. The van der Waals surface area contributed by atoms with Crippen LogP contribution in [0.15, 0.2) is 35.8 Å². The van der Waals surface area contributed by atoms with Crippen molar-refractivity contribution < 1.29 is 13.2 Å². The van der Waals surface area contributed by atoms with Crippen molar-refractivity contribution in [2.24, 2.45) is 0 Å². The largest absolute Gasteiger partial charge is 0.465 e. The Labute approximate surface area is 77.6 Å². The van der Waals surface area contributed by atoms with Crippen molar-refractivity contribution in [1.29, 1.82) is 0 Å². The molecule has 2 rings (SSSR count). The lowest BCUT2D eigenvalue weighted by molar-refractivity contribution is 0.352. The van der Waals surface area contributed by atoms with Gasteiger partial charge in [0.05, 0.1) is 11.1 Å². The molecule has 0 unspecified atom stereocenters. The minimum absolute atomic E-state index is 0.469. The molecule has 0 spiro atoms. The Hall–Kier alpha value is -1.29. The first-order valence-corrected chi connectivity index (χ1v) is 5.02. The Kier molecular flexibility index (Phi) is 2.06. The highest BCUT2D eigenvalue weighted by Crippen LogP contribution is 2.25.